The zero-order valence-electron chi connectivity index (χ0n) is 47.2. The van der Waals surface area contributed by atoms with Gasteiger partial charge in [-0.2, -0.15) is 0 Å². The fraction of sp³-hybridized carbons (Fsp3) is 0.768. The van der Waals surface area contributed by atoms with Crippen LogP contribution in [-0.2, 0) is 68.1 Å². The molecule has 81 heavy (non-hydrogen) atoms. The van der Waals surface area contributed by atoms with Crippen molar-refractivity contribution in [2.45, 2.75) is 261 Å². The molecule has 0 radical (unpaired) electrons. The number of carbonyl (C=O) groups is 3. The maximum atomic E-state index is 15.3. The molecule has 0 amide bonds. The molecule has 6 aliphatic rings. The first kappa shape index (κ1) is 63.2. The van der Waals surface area contributed by atoms with Gasteiger partial charge in [0, 0.05) is 57.6 Å². The predicted molar refractivity (Wildman–Crippen MR) is 277 cm³/mol. The molecule has 5 heterocycles. The number of aromatic hydroxyl groups is 2. The number of esters is 1. The van der Waals surface area contributed by atoms with Gasteiger partial charge >= 0.3 is 5.97 Å². The van der Waals surface area contributed by atoms with Gasteiger partial charge in [0.25, 0.3) is 0 Å². The number of benzene rings is 2. The van der Waals surface area contributed by atoms with Crippen molar-refractivity contribution >= 4 is 28.3 Å². The van der Waals surface area contributed by atoms with E-state index in [1.807, 2.05) is 13.8 Å². The molecular weight excluding hydrogens is 1070 g/mol. The first-order chi connectivity index (χ1) is 38.2. The van der Waals surface area contributed by atoms with Crippen molar-refractivity contribution in [2.24, 2.45) is 5.92 Å². The van der Waals surface area contributed by atoms with Gasteiger partial charge in [-0.3, -0.25) is 14.4 Å². The molecule has 0 aromatic heterocycles. The number of fused-ring (bicyclic) bond motifs is 2. The lowest BCUT2D eigenvalue weighted by Crippen LogP contribution is -2.57. The van der Waals surface area contributed by atoms with Crippen LogP contribution in [0.1, 0.15) is 128 Å². The summed E-state index contributed by atoms with van der Waals surface area (Å²) in [5.74, 6) is -5.04. The van der Waals surface area contributed by atoms with E-state index in [4.69, 9.17) is 56.8 Å². The number of carbonyl (C=O) groups excluding carboxylic acids is 3. The summed E-state index contributed by atoms with van der Waals surface area (Å²) in [5.41, 5.74) is 0.185. The second-order valence-electron chi connectivity index (χ2n) is 22.7. The summed E-state index contributed by atoms with van der Waals surface area (Å²) in [6, 6.07) is 3.11. The molecule has 2 aromatic rings. The molecule has 1 aliphatic carbocycles. The molecule has 25 nitrogen and oxygen atoms in total. The van der Waals surface area contributed by atoms with Crippen LogP contribution in [0.5, 0.6) is 17.2 Å². The molecule has 5 aliphatic heterocycles. The number of phenols is 2. The number of aliphatic hydroxyl groups excluding tert-OH is 8. The lowest BCUT2D eigenvalue weighted by molar-refractivity contribution is -0.330. The first-order valence-corrected chi connectivity index (χ1v) is 28.0. The fourth-order valence-corrected chi connectivity index (χ4v) is 12.0. The summed E-state index contributed by atoms with van der Waals surface area (Å²) in [7, 11) is 1.18. The Balaban J connectivity index is 1.09. The van der Waals surface area contributed by atoms with Gasteiger partial charge in [0.15, 0.2) is 42.8 Å². The van der Waals surface area contributed by atoms with Gasteiger partial charge < -0.3 is 108 Å². The monoisotopic (exact) mass is 1150 g/mol. The second-order valence-corrected chi connectivity index (χ2v) is 22.7. The molecule has 0 spiro atoms. The molecule has 0 bridgehead atoms. The Morgan fingerprint density at radius 3 is 1.65 bits per heavy atom. The summed E-state index contributed by atoms with van der Waals surface area (Å²) >= 11 is 0. The number of Topliss-reactive ketones (excluding diaryl/α,β-unsaturated/α-hetero) is 2. The van der Waals surface area contributed by atoms with Gasteiger partial charge in [-0.15, -0.1) is 0 Å². The van der Waals surface area contributed by atoms with Crippen molar-refractivity contribution in [1.82, 2.24) is 0 Å². The second kappa shape index (κ2) is 26.2. The maximum Gasteiger partial charge on any atom is 0.303 e. The maximum absolute atomic E-state index is 15.3. The first-order valence-electron chi connectivity index (χ1n) is 28.0. The van der Waals surface area contributed by atoms with E-state index in [2.05, 4.69) is 0 Å². The van der Waals surface area contributed by atoms with Gasteiger partial charge in [-0.05, 0) is 83.4 Å². The Labute approximate surface area is 469 Å². The molecule has 8 rings (SSSR count). The van der Waals surface area contributed by atoms with E-state index < -0.39 is 188 Å². The number of methoxy groups -OCH3 is 1. The lowest BCUT2D eigenvalue weighted by Gasteiger charge is -2.45. The zero-order chi connectivity index (χ0) is 59.2. The van der Waals surface area contributed by atoms with Crippen molar-refractivity contribution in [3.63, 3.8) is 0 Å². The average molecular weight is 1160 g/mol. The number of rotatable bonds is 18. The zero-order valence-corrected chi connectivity index (χ0v) is 47.2. The van der Waals surface area contributed by atoms with Gasteiger partial charge in [-0.1, -0.05) is 13.8 Å². The van der Waals surface area contributed by atoms with Gasteiger partial charge in [0.1, 0.15) is 66.1 Å². The molecule has 10 N–H and O–H groups in total. The summed E-state index contributed by atoms with van der Waals surface area (Å²) in [5, 5.41) is 110. The van der Waals surface area contributed by atoms with Crippen LogP contribution in [0.4, 0.5) is 0 Å². The number of aliphatic hydroxyl groups is 8. The topological polar surface area (TPSA) is 364 Å². The van der Waals surface area contributed by atoms with E-state index >= 15 is 4.79 Å². The van der Waals surface area contributed by atoms with Crippen LogP contribution in [0, 0.1) is 5.92 Å². The number of phenolic OH excluding ortho intramolecular Hbond substituents is 2. The Hall–Kier alpha value is -3.81. The van der Waals surface area contributed by atoms with Crippen LogP contribution < -0.4 is 4.74 Å². The van der Waals surface area contributed by atoms with E-state index in [-0.39, 0.29) is 71.7 Å². The van der Waals surface area contributed by atoms with Crippen molar-refractivity contribution in [3.8, 4) is 17.2 Å². The Bertz CT molecular complexity index is 2490. The average Bonchev–Trinajstić information content (AvgIpc) is 3.51. The Kier molecular flexibility index (Phi) is 20.5. The third-order valence-electron chi connectivity index (χ3n) is 16.7. The summed E-state index contributed by atoms with van der Waals surface area (Å²) in [6.45, 7) is 14.1. The van der Waals surface area contributed by atoms with Crippen LogP contribution in [0.3, 0.4) is 0 Å². The Morgan fingerprint density at radius 2 is 1.14 bits per heavy atom. The minimum absolute atomic E-state index is 0.0413. The number of ether oxygens (including phenoxy) is 12. The molecule has 26 atom stereocenters. The molecule has 25 heteroatoms. The minimum Gasteiger partial charge on any atom is -0.507 e. The largest absolute Gasteiger partial charge is 0.507 e. The van der Waals surface area contributed by atoms with E-state index in [1.165, 1.54) is 27.9 Å². The number of ketones is 2. The van der Waals surface area contributed by atoms with Crippen LogP contribution in [-0.4, -0.2) is 223 Å². The molecule has 0 saturated carbocycles. The highest BCUT2D eigenvalue weighted by Gasteiger charge is 2.51. The summed E-state index contributed by atoms with van der Waals surface area (Å²) in [4.78, 5) is 41.5. The van der Waals surface area contributed by atoms with E-state index in [0.29, 0.717) is 6.42 Å². The van der Waals surface area contributed by atoms with Crippen molar-refractivity contribution in [1.29, 1.82) is 0 Å². The van der Waals surface area contributed by atoms with Gasteiger partial charge in [-0.25, -0.2) is 0 Å². The van der Waals surface area contributed by atoms with Crippen LogP contribution in [0.2, 0.25) is 0 Å². The highest BCUT2D eigenvalue weighted by Crippen LogP contribution is 2.50. The highest BCUT2D eigenvalue weighted by atomic mass is 16.7. The standard InChI is InChI=1S/C56H82O25/c1-11-20(2)42-33(77-39-17-34(48(64)24(6)73-39)78-37-15-31(59)46(62)22(4)71-37)14-29-12-28-13-30(55(70-10)53(69)45(61)21(3)57)56(52(68)44(28)51(67)43(29)50(42)66)81-41-18-35(49(65)25(7)74-41)79-40-19-36(54(26(8)75-40)76-27(9)58)80-38-16-32(60)47(63)23(5)72-38/h12,14,20-26,30-32,34-41,45-49,54-57,59-67H,11,13,15-19H2,1-10H3/t20?,21?,22-,23-,24-,25-,26-,30?,31-,32-,34-,35-,36-,37+,38+,39+,40+,41+,45?,46-,47-,48-,49-,54+,55?,56?/m1/s1. The molecule has 5 saturated heterocycles. The van der Waals surface area contributed by atoms with Crippen LogP contribution in [0.15, 0.2) is 12.1 Å². The Morgan fingerprint density at radius 1 is 0.654 bits per heavy atom. The van der Waals surface area contributed by atoms with E-state index in [1.54, 1.807) is 39.8 Å². The molecule has 5 fully saturated rings. The summed E-state index contributed by atoms with van der Waals surface area (Å²) in [6.07, 6.45) is -27.8. The third-order valence-corrected chi connectivity index (χ3v) is 16.7. The van der Waals surface area contributed by atoms with E-state index in [9.17, 15) is 60.7 Å². The lowest BCUT2D eigenvalue weighted by atomic mass is 9.74. The van der Waals surface area contributed by atoms with Crippen molar-refractivity contribution in [3.05, 3.63) is 28.8 Å². The highest BCUT2D eigenvalue weighted by molar-refractivity contribution is 6.11. The predicted octanol–water partition coefficient (Wildman–Crippen LogP) is 1.14. The molecule has 2 aromatic carbocycles. The van der Waals surface area contributed by atoms with Crippen molar-refractivity contribution < 1.29 is 122 Å². The normalized spacial score (nSPS) is 40.0. The SMILES string of the molecule is CCC(C)c1c(O[C@H]2C[C@@H](O[C@H]3C[C@@H](O)[C@H](O)[C@@H](C)O3)[C@H](O)[C@@H](C)O2)cc2cc3c(c(O)c2c1O)C(=O)C(O[C@H]1C[C@@H](O[C@H]2C[C@@H](O[C@H]4C[C@@H](O)[C@H](O)[C@@H](C)O4)[C@@H](OC(C)=O)[C@@H](C)O2)[C@H](O)[C@@H](C)O1)C(C(OC)C(=O)C(O)C(C)O)C3. The molecule has 456 valence electrons. The fourth-order valence-electron chi connectivity index (χ4n) is 12.0. The van der Waals surface area contributed by atoms with Crippen LogP contribution in [0.25, 0.3) is 10.8 Å². The smallest absolute Gasteiger partial charge is 0.303 e. The third kappa shape index (κ3) is 13.5. The van der Waals surface area contributed by atoms with Crippen LogP contribution >= 0.6 is 0 Å². The molecular formula is C56H82O25. The quantitative estimate of drug-likeness (QED) is 0.0936. The number of hydrogen-bond donors (Lipinski definition) is 10. The van der Waals surface area contributed by atoms with Gasteiger partial charge in [0.2, 0.25) is 6.29 Å². The summed E-state index contributed by atoms with van der Waals surface area (Å²) < 4.78 is 73.2. The minimum atomic E-state index is -1.96. The number of hydrogen-bond acceptors (Lipinski definition) is 25. The van der Waals surface area contributed by atoms with Gasteiger partial charge in [0.05, 0.1) is 72.0 Å². The van der Waals surface area contributed by atoms with E-state index in [0.717, 1.165) is 0 Å². The van der Waals surface area contributed by atoms with Crippen molar-refractivity contribution in [2.75, 3.05) is 7.11 Å². The molecule has 6 unspecified atom stereocenters.